The molecule has 1 aromatic heterocycles. The number of H-pyrrole nitrogens is 1. The van der Waals surface area contributed by atoms with Crippen LogP contribution in [0.3, 0.4) is 0 Å². The van der Waals surface area contributed by atoms with Crippen LogP contribution in [0.4, 0.5) is 5.69 Å². The largest absolute Gasteiger partial charge is 0.399 e. The summed E-state index contributed by atoms with van der Waals surface area (Å²) in [5.41, 5.74) is 9.97. The van der Waals surface area contributed by atoms with E-state index in [0.717, 1.165) is 22.3 Å². The molecule has 0 atom stereocenters. The smallest absolute Gasteiger partial charge is 0.256 e. The van der Waals surface area contributed by atoms with Crippen LogP contribution >= 0.6 is 0 Å². The van der Waals surface area contributed by atoms with Gasteiger partial charge in [-0.1, -0.05) is 12.1 Å². The van der Waals surface area contributed by atoms with Gasteiger partial charge in [-0.15, -0.1) is 0 Å². The lowest BCUT2D eigenvalue weighted by Gasteiger charge is -2.07. The first-order chi connectivity index (χ1) is 7.59. The van der Waals surface area contributed by atoms with E-state index in [0.29, 0.717) is 5.69 Å². The number of aromatic amines is 1. The molecule has 0 unspecified atom stereocenters. The van der Waals surface area contributed by atoms with Gasteiger partial charge in [0.25, 0.3) is 5.56 Å². The summed E-state index contributed by atoms with van der Waals surface area (Å²) in [5, 5.41) is 0. The third kappa shape index (κ3) is 1.72. The van der Waals surface area contributed by atoms with Gasteiger partial charge in [0.15, 0.2) is 0 Å². The summed E-state index contributed by atoms with van der Waals surface area (Å²) in [7, 11) is 0. The molecule has 82 valence electrons. The highest BCUT2D eigenvalue weighted by Crippen LogP contribution is 2.21. The summed E-state index contributed by atoms with van der Waals surface area (Å²) in [6.07, 6.45) is 1.73. The van der Waals surface area contributed by atoms with Crippen molar-refractivity contribution in [2.45, 2.75) is 13.8 Å². The molecule has 0 saturated carbocycles. The number of aryl methyl sites for hydroxylation is 1. The van der Waals surface area contributed by atoms with E-state index in [4.69, 9.17) is 5.73 Å². The number of benzene rings is 1. The molecular weight excluding hydrogens is 200 g/mol. The Balaban J connectivity index is 2.68. The topological polar surface area (TPSA) is 58.9 Å². The van der Waals surface area contributed by atoms with E-state index in [1.807, 2.05) is 26.0 Å². The Morgan fingerprint density at radius 2 is 1.75 bits per heavy atom. The van der Waals surface area contributed by atoms with E-state index < -0.39 is 0 Å². The first-order valence-electron chi connectivity index (χ1n) is 5.14. The van der Waals surface area contributed by atoms with Crippen molar-refractivity contribution < 1.29 is 0 Å². The van der Waals surface area contributed by atoms with Crippen molar-refractivity contribution in [2.24, 2.45) is 0 Å². The van der Waals surface area contributed by atoms with Gasteiger partial charge in [-0.05, 0) is 42.7 Å². The molecule has 0 radical (unpaired) electrons. The number of hydrogen-bond acceptors (Lipinski definition) is 2. The standard InChI is InChI=1S/C13H14N2O/c1-8-7-15-13(16)12(9(8)2)10-3-5-11(14)6-4-10/h3-7H,14H2,1-2H3,(H,15,16). The van der Waals surface area contributed by atoms with Gasteiger partial charge < -0.3 is 10.7 Å². The van der Waals surface area contributed by atoms with Gasteiger partial charge in [0, 0.05) is 11.9 Å². The number of nitrogens with two attached hydrogens (primary N) is 1. The molecule has 0 aliphatic rings. The van der Waals surface area contributed by atoms with Gasteiger partial charge in [-0.25, -0.2) is 0 Å². The van der Waals surface area contributed by atoms with Crippen LogP contribution < -0.4 is 11.3 Å². The highest BCUT2D eigenvalue weighted by atomic mass is 16.1. The highest BCUT2D eigenvalue weighted by Gasteiger charge is 2.08. The molecule has 3 nitrogen and oxygen atoms in total. The summed E-state index contributed by atoms with van der Waals surface area (Å²) < 4.78 is 0. The normalized spacial score (nSPS) is 10.4. The zero-order valence-corrected chi connectivity index (χ0v) is 9.37. The van der Waals surface area contributed by atoms with E-state index in [1.165, 1.54) is 0 Å². The Bertz CT molecular complexity index is 567. The Hall–Kier alpha value is -2.03. The summed E-state index contributed by atoms with van der Waals surface area (Å²) >= 11 is 0. The van der Waals surface area contributed by atoms with Crippen LogP contribution in [0.2, 0.25) is 0 Å². The minimum Gasteiger partial charge on any atom is -0.399 e. The first kappa shape index (κ1) is 10.5. The zero-order valence-electron chi connectivity index (χ0n) is 9.37. The second-order valence-corrected chi connectivity index (χ2v) is 3.92. The van der Waals surface area contributed by atoms with Gasteiger partial charge in [0.1, 0.15) is 0 Å². The number of rotatable bonds is 1. The fourth-order valence-electron chi connectivity index (χ4n) is 1.72. The summed E-state index contributed by atoms with van der Waals surface area (Å²) in [4.78, 5) is 14.5. The van der Waals surface area contributed by atoms with Crippen LogP contribution in [0.1, 0.15) is 11.1 Å². The van der Waals surface area contributed by atoms with Gasteiger partial charge in [-0.2, -0.15) is 0 Å². The lowest BCUT2D eigenvalue weighted by atomic mass is 9.99. The van der Waals surface area contributed by atoms with E-state index in [-0.39, 0.29) is 5.56 Å². The first-order valence-corrected chi connectivity index (χ1v) is 5.14. The van der Waals surface area contributed by atoms with E-state index in [1.54, 1.807) is 18.3 Å². The van der Waals surface area contributed by atoms with Crippen molar-refractivity contribution >= 4 is 5.69 Å². The highest BCUT2D eigenvalue weighted by molar-refractivity contribution is 5.68. The number of nitrogen functional groups attached to an aromatic ring is 1. The van der Waals surface area contributed by atoms with Crippen molar-refractivity contribution in [1.29, 1.82) is 0 Å². The average molecular weight is 214 g/mol. The maximum Gasteiger partial charge on any atom is 0.256 e. The third-order valence-corrected chi connectivity index (χ3v) is 2.81. The summed E-state index contributed by atoms with van der Waals surface area (Å²) in [6.45, 7) is 3.93. The summed E-state index contributed by atoms with van der Waals surface area (Å²) in [5.74, 6) is 0. The quantitative estimate of drug-likeness (QED) is 0.715. The molecule has 2 rings (SSSR count). The average Bonchev–Trinajstić information content (AvgIpc) is 2.27. The number of aromatic nitrogens is 1. The molecule has 0 spiro atoms. The molecule has 0 amide bonds. The molecule has 3 N–H and O–H groups in total. The van der Waals surface area contributed by atoms with Crippen molar-refractivity contribution in [2.75, 3.05) is 5.73 Å². The van der Waals surface area contributed by atoms with E-state index in [9.17, 15) is 4.79 Å². The molecule has 1 heterocycles. The maximum atomic E-state index is 11.8. The molecule has 0 fully saturated rings. The second kappa shape index (κ2) is 3.85. The van der Waals surface area contributed by atoms with Crippen LogP contribution in [0.15, 0.2) is 35.3 Å². The van der Waals surface area contributed by atoms with Crippen LogP contribution in [0.25, 0.3) is 11.1 Å². The Morgan fingerprint density at radius 3 is 2.38 bits per heavy atom. The predicted octanol–water partition coefficient (Wildman–Crippen LogP) is 2.24. The lowest BCUT2D eigenvalue weighted by Crippen LogP contribution is -2.11. The molecule has 2 aromatic rings. The number of nitrogens with one attached hydrogen (secondary N) is 1. The fourth-order valence-corrected chi connectivity index (χ4v) is 1.72. The van der Waals surface area contributed by atoms with Gasteiger partial charge >= 0.3 is 0 Å². The Labute approximate surface area is 93.9 Å². The minimum absolute atomic E-state index is 0.0622. The number of pyridine rings is 1. The van der Waals surface area contributed by atoms with Crippen LogP contribution in [-0.4, -0.2) is 4.98 Å². The van der Waals surface area contributed by atoms with E-state index in [2.05, 4.69) is 4.98 Å². The third-order valence-electron chi connectivity index (χ3n) is 2.81. The molecule has 1 aromatic carbocycles. The predicted molar refractivity (Wildman–Crippen MR) is 66.4 cm³/mol. The van der Waals surface area contributed by atoms with Gasteiger partial charge in [-0.3, -0.25) is 4.79 Å². The molecule has 16 heavy (non-hydrogen) atoms. The summed E-state index contributed by atoms with van der Waals surface area (Å²) in [6, 6.07) is 7.34. The van der Waals surface area contributed by atoms with Crippen molar-refractivity contribution in [1.82, 2.24) is 4.98 Å². The van der Waals surface area contributed by atoms with Gasteiger partial charge in [0.2, 0.25) is 0 Å². The second-order valence-electron chi connectivity index (χ2n) is 3.92. The van der Waals surface area contributed by atoms with Crippen molar-refractivity contribution in [3.05, 3.63) is 51.9 Å². The van der Waals surface area contributed by atoms with Crippen molar-refractivity contribution in [3.63, 3.8) is 0 Å². The van der Waals surface area contributed by atoms with Crippen LogP contribution in [0, 0.1) is 13.8 Å². The van der Waals surface area contributed by atoms with Gasteiger partial charge in [0.05, 0.1) is 5.56 Å². The number of anilines is 1. The molecule has 0 aliphatic heterocycles. The van der Waals surface area contributed by atoms with E-state index >= 15 is 0 Å². The molecule has 3 heteroatoms. The zero-order chi connectivity index (χ0) is 11.7. The lowest BCUT2D eigenvalue weighted by molar-refractivity contribution is 1.16. The van der Waals surface area contributed by atoms with Crippen LogP contribution in [0.5, 0.6) is 0 Å². The number of hydrogen-bond donors (Lipinski definition) is 2. The molecule has 0 saturated heterocycles. The van der Waals surface area contributed by atoms with Crippen LogP contribution in [-0.2, 0) is 0 Å². The molecular formula is C13H14N2O. The minimum atomic E-state index is -0.0622. The maximum absolute atomic E-state index is 11.8. The monoisotopic (exact) mass is 214 g/mol. The fraction of sp³-hybridized carbons (Fsp3) is 0.154. The molecule has 0 bridgehead atoms. The molecule has 0 aliphatic carbocycles. The Morgan fingerprint density at radius 1 is 1.12 bits per heavy atom. The van der Waals surface area contributed by atoms with Crippen molar-refractivity contribution in [3.8, 4) is 11.1 Å². The Kier molecular flexibility index (Phi) is 2.52. The SMILES string of the molecule is Cc1c[nH]c(=O)c(-c2ccc(N)cc2)c1C.